The van der Waals surface area contributed by atoms with E-state index >= 15 is 0 Å². The second-order valence-corrected chi connectivity index (χ2v) is 9.66. The van der Waals surface area contributed by atoms with Gasteiger partial charge in [0.1, 0.15) is 11.5 Å². The molecule has 1 saturated carbocycles. The number of nitrogens with zero attached hydrogens (tertiary/aromatic N) is 1. The number of hydrogen-bond donors (Lipinski definition) is 0. The lowest BCUT2D eigenvalue weighted by atomic mass is 9.94. The number of hydrogen-bond acceptors (Lipinski definition) is 6. The van der Waals surface area contributed by atoms with E-state index in [0.717, 1.165) is 35.9 Å². The van der Waals surface area contributed by atoms with Gasteiger partial charge >= 0.3 is 0 Å². The van der Waals surface area contributed by atoms with Crippen LogP contribution < -0.4 is 9.47 Å². The van der Waals surface area contributed by atoms with Crippen molar-refractivity contribution in [1.29, 1.82) is 0 Å². The van der Waals surface area contributed by atoms with Crippen molar-refractivity contribution in [3.05, 3.63) is 17.2 Å². The van der Waals surface area contributed by atoms with Crippen LogP contribution in [0.25, 0.3) is 10.2 Å². The summed E-state index contributed by atoms with van der Waals surface area (Å²) in [7, 11) is 0. The fourth-order valence-corrected chi connectivity index (χ4v) is 4.75. The van der Waals surface area contributed by atoms with Crippen LogP contribution in [0.3, 0.4) is 0 Å². The van der Waals surface area contributed by atoms with Gasteiger partial charge in [-0.2, -0.15) is 0 Å². The molecule has 7 heteroatoms. The first-order valence-corrected chi connectivity index (χ1v) is 11.5. The van der Waals surface area contributed by atoms with Crippen molar-refractivity contribution in [1.82, 2.24) is 4.98 Å². The van der Waals surface area contributed by atoms with Crippen LogP contribution in [-0.4, -0.2) is 35.7 Å². The summed E-state index contributed by atoms with van der Waals surface area (Å²) in [6.07, 6.45) is 4.85. The molecule has 1 heterocycles. The number of fused-ring (bicyclic) bond motifs is 1. The summed E-state index contributed by atoms with van der Waals surface area (Å²) in [5.74, 6) is 1.20. The highest BCUT2D eigenvalue weighted by Crippen LogP contribution is 2.37. The van der Waals surface area contributed by atoms with E-state index in [1.807, 2.05) is 26.0 Å². The number of ketones is 1. The van der Waals surface area contributed by atoms with Gasteiger partial charge in [0.15, 0.2) is 0 Å². The van der Waals surface area contributed by atoms with Crippen molar-refractivity contribution in [2.75, 3.05) is 6.61 Å². The Hall–Kier alpha value is -1.37. The average molecular weight is 440 g/mol. The predicted molar refractivity (Wildman–Crippen MR) is 117 cm³/mol. The number of benzene rings is 1. The molecule has 0 saturated heterocycles. The predicted octanol–water partition coefficient (Wildman–Crippen LogP) is 6.06. The van der Waals surface area contributed by atoms with E-state index < -0.39 is 0 Å². The van der Waals surface area contributed by atoms with Gasteiger partial charge in [-0.15, -0.1) is 0 Å². The van der Waals surface area contributed by atoms with Crippen molar-refractivity contribution < 1.29 is 19.0 Å². The van der Waals surface area contributed by atoms with Crippen molar-refractivity contribution >= 4 is 38.9 Å². The molecular weight excluding hydrogens is 410 g/mol. The van der Waals surface area contributed by atoms with E-state index in [1.165, 1.54) is 11.3 Å². The van der Waals surface area contributed by atoms with E-state index in [-0.39, 0.29) is 30.0 Å². The number of ether oxygens (including phenoxy) is 3. The SMILES string of the molecule is CC(=O)C[C@@H](C)COC1CCC(Oc2cc3sc(OC(C)C)nc3cc2Cl)CC1. The lowest BCUT2D eigenvalue weighted by Crippen LogP contribution is -2.29. The van der Waals surface area contributed by atoms with Crippen molar-refractivity contribution in [3.63, 3.8) is 0 Å². The zero-order valence-electron chi connectivity index (χ0n) is 17.6. The largest absolute Gasteiger partial charge is 0.489 e. The van der Waals surface area contributed by atoms with Crippen LogP contribution in [0, 0.1) is 5.92 Å². The molecule has 1 aliphatic rings. The van der Waals surface area contributed by atoms with Gasteiger partial charge in [-0.25, -0.2) is 4.98 Å². The van der Waals surface area contributed by atoms with Crippen molar-refractivity contribution in [3.8, 4) is 10.9 Å². The van der Waals surface area contributed by atoms with Crippen LogP contribution >= 0.6 is 22.9 Å². The summed E-state index contributed by atoms with van der Waals surface area (Å²) in [6, 6.07) is 3.82. The molecule has 1 aliphatic carbocycles. The summed E-state index contributed by atoms with van der Waals surface area (Å²) in [5.41, 5.74) is 0.833. The Morgan fingerprint density at radius 1 is 1.21 bits per heavy atom. The van der Waals surface area contributed by atoms with Crippen LogP contribution in [-0.2, 0) is 9.53 Å². The summed E-state index contributed by atoms with van der Waals surface area (Å²) >= 11 is 7.95. The second kappa shape index (κ2) is 10.1. The Morgan fingerprint density at radius 3 is 2.55 bits per heavy atom. The van der Waals surface area contributed by atoms with Gasteiger partial charge in [-0.05, 0) is 58.4 Å². The Bertz CT molecular complexity index is 830. The van der Waals surface area contributed by atoms with Crippen molar-refractivity contribution in [2.24, 2.45) is 5.92 Å². The highest BCUT2D eigenvalue weighted by atomic mass is 35.5. The molecule has 1 fully saturated rings. The molecule has 1 atom stereocenters. The fraction of sp³-hybridized carbons (Fsp3) is 0.636. The molecule has 0 spiro atoms. The number of halogens is 1. The Balaban J connectivity index is 1.52. The van der Waals surface area contributed by atoms with Gasteiger partial charge in [0, 0.05) is 19.1 Å². The maximum Gasteiger partial charge on any atom is 0.274 e. The zero-order chi connectivity index (χ0) is 21.0. The van der Waals surface area contributed by atoms with Gasteiger partial charge in [0.25, 0.3) is 5.19 Å². The zero-order valence-corrected chi connectivity index (χ0v) is 19.1. The molecule has 3 rings (SSSR count). The number of carbonyl (C=O) groups excluding carboxylic acids is 1. The van der Waals surface area contributed by atoms with Gasteiger partial charge in [0.2, 0.25) is 0 Å². The normalized spacial score (nSPS) is 20.8. The molecule has 0 N–H and O–H groups in total. The van der Waals surface area contributed by atoms with E-state index in [4.69, 9.17) is 25.8 Å². The fourth-order valence-electron chi connectivity index (χ4n) is 3.60. The molecular formula is C22H30ClNO4S. The van der Waals surface area contributed by atoms with Crippen molar-refractivity contribution in [2.45, 2.75) is 78.1 Å². The standard InChI is InChI=1S/C22H30ClNO4S/c1-13(2)27-22-24-19-10-18(23)20(11-21(19)29-22)28-17-7-5-16(6-8-17)26-12-14(3)9-15(4)25/h10-11,13-14,16-17H,5-9,12H2,1-4H3/t14-,16?,17?/m1/s1. The summed E-state index contributed by atoms with van der Waals surface area (Å²) in [5, 5.41) is 1.23. The number of rotatable bonds is 9. The van der Waals surface area contributed by atoms with Crippen LogP contribution in [0.5, 0.6) is 10.9 Å². The maximum atomic E-state index is 11.2. The molecule has 1 aromatic heterocycles. The first-order chi connectivity index (χ1) is 13.8. The molecule has 5 nitrogen and oxygen atoms in total. The van der Waals surface area contributed by atoms with Gasteiger partial charge in [-0.1, -0.05) is 29.9 Å². The molecule has 0 amide bonds. The van der Waals surface area contributed by atoms with Gasteiger partial charge < -0.3 is 19.0 Å². The minimum absolute atomic E-state index is 0.0876. The first kappa shape index (κ1) is 22.3. The topological polar surface area (TPSA) is 57.7 Å². The minimum Gasteiger partial charge on any atom is -0.489 e. The third-order valence-corrected chi connectivity index (χ3v) is 6.13. The first-order valence-electron chi connectivity index (χ1n) is 10.3. The summed E-state index contributed by atoms with van der Waals surface area (Å²) < 4.78 is 18.9. The molecule has 0 aliphatic heterocycles. The highest BCUT2D eigenvalue weighted by molar-refractivity contribution is 7.20. The third-order valence-electron chi connectivity index (χ3n) is 4.93. The molecule has 0 radical (unpaired) electrons. The average Bonchev–Trinajstić information content (AvgIpc) is 3.01. The highest BCUT2D eigenvalue weighted by Gasteiger charge is 2.24. The number of thiazole rings is 1. The number of aromatic nitrogens is 1. The minimum atomic E-state index is 0.0876. The van der Waals surface area contributed by atoms with Crippen LogP contribution in [0.15, 0.2) is 12.1 Å². The summed E-state index contributed by atoms with van der Waals surface area (Å²) in [4.78, 5) is 15.7. The smallest absolute Gasteiger partial charge is 0.274 e. The Labute approximate surface area is 181 Å². The van der Waals surface area contributed by atoms with E-state index in [2.05, 4.69) is 11.9 Å². The Kier molecular flexibility index (Phi) is 7.77. The molecule has 160 valence electrons. The lowest BCUT2D eigenvalue weighted by molar-refractivity contribution is -0.118. The molecule has 2 aromatic rings. The van der Waals surface area contributed by atoms with Gasteiger partial charge in [-0.3, -0.25) is 0 Å². The van der Waals surface area contributed by atoms with Crippen LogP contribution in [0.4, 0.5) is 0 Å². The maximum absolute atomic E-state index is 11.2. The third kappa shape index (κ3) is 6.56. The molecule has 1 aromatic carbocycles. The van der Waals surface area contributed by atoms with Crippen LogP contribution in [0.1, 0.15) is 59.8 Å². The number of Topliss-reactive ketones (excluding diaryl/α,β-unsaturated/α-hetero) is 1. The van der Waals surface area contributed by atoms with Gasteiger partial charge in [0.05, 0.1) is 33.6 Å². The summed E-state index contributed by atoms with van der Waals surface area (Å²) in [6.45, 7) is 8.30. The number of carbonyl (C=O) groups is 1. The van der Waals surface area contributed by atoms with E-state index in [9.17, 15) is 4.79 Å². The molecule has 0 bridgehead atoms. The monoisotopic (exact) mass is 439 g/mol. The Morgan fingerprint density at radius 2 is 1.90 bits per heavy atom. The second-order valence-electron chi connectivity index (χ2n) is 8.26. The molecule has 0 unspecified atom stereocenters. The van der Waals surface area contributed by atoms with E-state index in [0.29, 0.717) is 29.0 Å². The quantitative estimate of drug-likeness (QED) is 0.475. The van der Waals surface area contributed by atoms with Crippen LogP contribution in [0.2, 0.25) is 5.02 Å². The molecule has 29 heavy (non-hydrogen) atoms. The van der Waals surface area contributed by atoms with E-state index in [1.54, 1.807) is 6.92 Å². The lowest BCUT2D eigenvalue weighted by Gasteiger charge is -2.30.